The average molecular weight is 1440 g/mol. The van der Waals surface area contributed by atoms with Crippen LogP contribution in [-0.2, 0) is 65.4 Å². The summed E-state index contributed by atoms with van der Waals surface area (Å²) in [7, 11) is -9.92. The summed E-state index contributed by atoms with van der Waals surface area (Å²) in [5.74, 6) is 0.281. The van der Waals surface area contributed by atoms with Gasteiger partial charge in [-0.1, -0.05) is 357 Å². The molecule has 0 heterocycles. The molecule has 0 bridgehead atoms. The van der Waals surface area contributed by atoms with E-state index < -0.39 is 97.5 Å². The number of unbranched alkanes of at least 4 members (excludes halogenated alkanes) is 44. The van der Waals surface area contributed by atoms with E-state index in [1.807, 2.05) is 0 Å². The summed E-state index contributed by atoms with van der Waals surface area (Å²) in [4.78, 5) is 72.9. The molecule has 0 saturated heterocycles. The van der Waals surface area contributed by atoms with Gasteiger partial charge in [0, 0.05) is 25.7 Å². The molecule has 0 aromatic heterocycles. The molecule has 0 aliphatic rings. The summed E-state index contributed by atoms with van der Waals surface area (Å²) in [6, 6.07) is 0. The third kappa shape index (κ3) is 71.1. The fourth-order valence-electron chi connectivity index (χ4n) is 12.1. The predicted octanol–water partition coefficient (Wildman–Crippen LogP) is 23.4. The van der Waals surface area contributed by atoms with E-state index in [9.17, 15) is 43.2 Å². The van der Waals surface area contributed by atoms with Gasteiger partial charge in [0.2, 0.25) is 0 Å². The number of aliphatic hydroxyl groups excluding tert-OH is 1. The van der Waals surface area contributed by atoms with Crippen LogP contribution in [0, 0.1) is 17.8 Å². The van der Waals surface area contributed by atoms with Crippen LogP contribution in [0.3, 0.4) is 0 Å². The van der Waals surface area contributed by atoms with Crippen molar-refractivity contribution >= 4 is 39.5 Å². The molecule has 0 spiro atoms. The van der Waals surface area contributed by atoms with Gasteiger partial charge in [0.05, 0.1) is 26.4 Å². The molecule has 98 heavy (non-hydrogen) atoms. The first-order valence-electron chi connectivity index (χ1n) is 40.9. The number of rotatable bonds is 77. The van der Waals surface area contributed by atoms with Crippen LogP contribution < -0.4 is 0 Å². The number of esters is 4. The number of carbonyl (C=O) groups is 4. The lowest BCUT2D eigenvalue weighted by Crippen LogP contribution is -2.30. The lowest BCUT2D eigenvalue weighted by molar-refractivity contribution is -0.161. The minimum absolute atomic E-state index is 0.106. The topological polar surface area (TPSA) is 237 Å². The molecule has 0 aromatic rings. The summed E-state index contributed by atoms with van der Waals surface area (Å²) in [6.45, 7) is 12.0. The van der Waals surface area contributed by atoms with Crippen molar-refractivity contribution in [3.63, 3.8) is 0 Å². The molecule has 0 aromatic carbocycles. The summed E-state index contributed by atoms with van der Waals surface area (Å²) in [6.07, 6.45) is 56.7. The molecule has 3 unspecified atom stereocenters. The van der Waals surface area contributed by atoms with E-state index in [1.54, 1.807) is 0 Å². The van der Waals surface area contributed by atoms with Crippen LogP contribution in [-0.4, -0.2) is 96.7 Å². The van der Waals surface area contributed by atoms with Gasteiger partial charge in [0.15, 0.2) is 12.2 Å². The minimum Gasteiger partial charge on any atom is -0.462 e. The van der Waals surface area contributed by atoms with Crippen molar-refractivity contribution in [3.8, 4) is 0 Å². The van der Waals surface area contributed by atoms with Crippen LogP contribution in [0.4, 0.5) is 0 Å². The Morgan fingerprint density at radius 3 is 0.776 bits per heavy atom. The van der Waals surface area contributed by atoms with Gasteiger partial charge in [-0.25, -0.2) is 9.13 Å². The highest BCUT2D eigenvalue weighted by Crippen LogP contribution is 2.45. The molecule has 0 radical (unpaired) electrons. The number of phosphoric acid groups is 2. The van der Waals surface area contributed by atoms with Crippen molar-refractivity contribution in [2.45, 2.75) is 426 Å². The molecule has 19 heteroatoms. The van der Waals surface area contributed by atoms with Gasteiger partial charge in [-0.2, -0.15) is 0 Å². The van der Waals surface area contributed by atoms with Crippen molar-refractivity contribution in [1.82, 2.24) is 0 Å². The largest absolute Gasteiger partial charge is 0.472 e. The highest BCUT2D eigenvalue weighted by molar-refractivity contribution is 7.47. The molecule has 17 nitrogen and oxygen atoms in total. The maximum absolute atomic E-state index is 13.1. The first kappa shape index (κ1) is 96.1. The third-order valence-corrected chi connectivity index (χ3v) is 20.6. The zero-order valence-corrected chi connectivity index (χ0v) is 66.0. The fourth-order valence-corrected chi connectivity index (χ4v) is 13.7. The maximum Gasteiger partial charge on any atom is 0.472 e. The van der Waals surface area contributed by atoms with Gasteiger partial charge in [-0.15, -0.1) is 0 Å². The monoisotopic (exact) mass is 1440 g/mol. The van der Waals surface area contributed by atoms with Crippen molar-refractivity contribution in [2.75, 3.05) is 39.6 Å². The Bertz CT molecular complexity index is 1910. The molecular formula is C79H154O17P2. The van der Waals surface area contributed by atoms with Crippen LogP contribution in [0.2, 0.25) is 0 Å². The molecule has 0 rings (SSSR count). The van der Waals surface area contributed by atoms with Gasteiger partial charge in [0.25, 0.3) is 0 Å². The van der Waals surface area contributed by atoms with Crippen LogP contribution in [0.1, 0.15) is 408 Å². The molecule has 3 N–H and O–H groups in total. The molecule has 0 aliphatic carbocycles. The summed E-state index contributed by atoms with van der Waals surface area (Å²) in [5, 5.41) is 10.6. The van der Waals surface area contributed by atoms with Crippen molar-refractivity contribution in [3.05, 3.63) is 0 Å². The standard InChI is InChI=1S/C79H154O17P2/c1-8-10-11-12-13-14-32-39-46-53-60-76(81)89-66-74(96-79(84)63-56-49-42-35-28-27-31-38-45-52-59-72(7)9-2)68-93-97(85,86)91-64-73(80)65-92-98(87,88)94-69-75(67-90-77(82)61-54-47-40-33-25-22-21-24-30-37-44-51-58-71(5)6)95-78(83)62-55-48-41-34-26-20-18-16-15-17-19-23-29-36-43-50-57-70(3)4/h70-75,80H,8-69H2,1-7H3,(H,85,86)(H,87,88)/t72?,73-,74+,75+/m0/s1. The zero-order valence-electron chi connectivity index (χ0n) is 64.3. The molecule has 6 atom stereocenters. The highest BCUT2D eigenvalue weighted by Gasteiger charge is 2.30. The smallest absolute Gasteiger partial charge is 0.462 e. The van der Waals surface area contributed by atoms with E-state index >= 15 is 0 Å². The number of hydrogen-bond acceptors (Lipinski definition) is 15. The van der Waals surface area contributed by atoms with E-state index in [-0.39, 0.29) is 25.7 Å². The third-order valence-electron chi connectivity index (χ3n) is 18.7. The molecule has 0 fully saturated rings. The first-order chi connectivity index (χ1) is 47.3. The van der Waals surface area contributed by atoms with Crippen LogP contribution >= 0.6 is 15.6 Å². The Morgan fingerprint density at radius 2 is 0.520 bits per heavy atom. The second kappa shape index (κ2) is 69.4. The van der Waals surface area contributed by atoms with Crippen LogP contribution in [0.25, 0.3) is 0 Å². The normalized spacial score (nSPS) is 14.3. The number of aliphatic hydroxyl groups is 1. The van der Waals surface area contributed by atoms with E-state index in [0.29, 0.717) is 25.7 Å². The summed E-state index contributed by atoms with van der Waals surface area (Å²) >= 11 is 0. The van der Waals surface area contributed by atoms with E-state index in [4.69, 9.17) is 37.0 Å². The van der Waals surface area contributed by atoms with Gasteiger partial charge >= 0.3 is 39.5 Å². The van der Waals surface area contributed by atoms with E-state index in [0.717, 1.165) is 108 Å². The Kier molecular flexibility index (Phi) is 68.1. The lowest BCUT2D eigenvalue weighted by atomic mass is 9.99. The van der Waals surface area contributed by atoms with Crippen LogP contribution in [0.15, 0.2) is 0 Å². The van der Waals surface area contributed by atoms with Crippen LogP contribution in [0.5, 0.6) is 0 Å². The highest BCUT2D eigenvalue weighted by atomic mass is 31.2. The molecule has 0 amide bonds. The molecule has 582 valence electrons. The zero-order chi connectivity index (χ0) is 72.3. The first-order valence-corrected chi connectivity index (χ1v) is 43.9. The quantitative estimate of drug-likeness (QED) is 0.0222. The predicted molar refractivity (Wildman–Crippen MR) is 400 cm³/mol. The van der Waals surface area contributed by atoms with E-state index in [1.165, 1.54) is 218 Å². The van der Waals surface area contributed by atoms with Gasteiger partial charge in [0.1, 0.15) is 19.3 Å². The second-order valence-electron chi connectivity index (χ2n) is 29.6. The van der Waals surface area contributed by atoms with Crippen molar-refractivity contribution < 1.29 is 80.2 Å². The van der Waals surface area contributed by atoms with Gasteiger partial charge < -0.3 is 33.8 Å². The van der Waals surface area contributed by atoms with Gasteiger partial charge in [-0.05, 0) is 43.4 Å². The maximum atomic E-state index is 13.1. The Labute approximate surface area is 600 Å². The van der Waals surface area contributed by atoms with Crippen molar-refractivity contribution in [2.24, 2.45) is 17.8 Å². The number of ether oxygens (including phenoxy) is 4. The number of hydrogen-bond donors (Lipinski definition) is 3. The average Bonchev–Trinajstić information content (AvgIpc) is 0.932. The Morgan fingerprint density at radius 1 is 0.296 bits per heavy atom. The fraction of sp³-hybridized carbons (Fsp3) is 0.949. The minimum atomic E-state index is -4.96. The SMILES string of the molecule is CCCCCCCCCCCCC(=O)OC[C@H](COP(=O)(O)OC[C@H](O)COP(=O)(O)OC[C@@H](COC(=O)CCCCCCCCCCCCCCC(C)C)OC(=O)CCCCCCCCCCCCCCCCCCC(C)C)OC(=O)CCCCCCCCCCCCC(C)CC. The molecule has 0 saturated carbocycles. The van der Waals surface area contributed by atoms with Crippen molar-refractivity contribution in [1.29, 1.82) is 0 Å². The number of phosphoric ester groups is 2. The Hall–Kier alpha value is -1.94. The summed E-state index contributed by atoms with van der Waals surface area (Å²) < 4.78 is 68.6. The van der Waals surface area contributed by atoms with E-state index in [2.05, 4.69) is 48.5 Å². The molecule has 0 aliphatic heterocycles. The summed E-state index contributed by atoms with van der Waals surface area (Å²) in [5.41, 5.74) is 0. The second-order valence-corrected chi connectivity index (χ2v) is 32.6. The number of carbonyl (C=O) groups excluding carboxylic acids is 4. The van der Waals surface area contributed by atoms with Gasteiger partial charge in [-0.3, -0.25) is 37.3 Å². The Balaban J connectivity index is 5.24. The molecular weight excluding hydrogens is 1280 g/mol. The lowest BCUT2D eigenvalue weighted by Gasteiger charge is -2.21.